The molecule has 34 heavy (non-hydrogen) atoms. The van der Waals surface area contributed by atoms with Gasteiger partial charge in [-0.1, -0.05) is 128 Å². The maximum absolute atomic E-state index is 12.2. The molecule has 0 bridgehead atoms. The molecule has 0 aromatic heterocycles. The Morgan fingerprint density at radius 3 is 1.56 bits per heavy atom. The number of fused-ring (bicyclic) bond motifs is 1. The van der Waals surface area contributed by atoms with E-state index < -0.39 is 10.1 Å². The lowest BCUT2D eigenvalue weighted by atomic mass is 9.94. The van der Waals surface area contributed by atoms with Gasteiger partial charge in [0.2, 0.25) is 0 Å². The van der Waals surface area contributed by atoms with E-state index in [-0.39, 0.29) is 4.90 Å². The third kappa shape index (κ3) is 10.1. The lowest BCUT2D eigenvalue weighted by Crippen LogP contribution is -2.03. The summed E-state index contributed by atoms with van der Waals surface area (Å²) in [4.78, 5) is 0.0670. The zero-order valence-electron chi connectivity index (χ0n) is 21.8. The maximum atomic E-state index is 12.2. The molecule has 192 valence electrons. The summed E-state index contributed by atoms with van der Waals surface area (Å²) in [6, 6.07) is 9.65. The van der Waals surface area contributed by atoms with E-state index in [0.29, 0.717) is 0 Å². The van der Waals surface area contributed by atoms with Gasteiger partial charge in [0.05, 0.1) is 0 Å². The molecule has 0 saturated heterocycles. The molecule has 1 N–H and O–H groups in total. The van der Waals surface area contributed by atoms with E-state index in [4.69, 9.17) is 0 Å². The molecule has 2 aromatic rings. The van der Waals surface area contributed by atoms with Crippen LogP contribution in [0, 0.1) is 0 Å². The first-order valence-electron chi connectivity index (χ1n) is 14.0. The molecule has 0 heterocycles. The van der Waals surface area contributed by atoms with Crippen molar-refractivity contribution in [3.05, 3.63) is 41.5 Å². The molecule has 2 rings (SSSR count). The van der Waals surface area contributed by atoms with Crippen LogP contribution in [0.4, 0.5) is 0 Å². The molecule has 0 fully saturated rings. The van der Waals surface area contributed by atoms with Crippen LogP contribution in [0.1, 0.15) is 128 Å². The summed E-state index contributed by atoms with van der Waals surface area (Å²) < 4.78 is 34.3. The van der Waals surface area contributed by atoms with Crippen molar-refractivity contribution in [1.29, 1.82) is 0 Å². The van der Waals surface area contributed by atoms with E-state index >= 15 is 0 Å². The quantitative estimate of drug-likeness (QED) is 0.158. The van der Waals surface area contributed by atoms with Gasteiger partial charge in [0.15, 0.2) is 0 Å². The van der Waals surface area contributed by atoms with Crippen LogP contribution in [0.15, 0.2) is 35.2 Å². The van der Waals surface area contributed by atoms with Crippen LogP contribution < -0.4 is 0 Å². The number of rotatable bonds is 19. The highest BCUT2D eigenvalue weighted by molar-refractivity contribution is 7.86. The number of unbranched alkanes of at least 4 members (excludes halogenated alkanes) is 14. The van der Waals surface area contributed by atoms with Crippen LogP contribution in [0.3, 0.4) is 0 Å². The van der Waals surface area contributed by atoms with Gasteiger partial charge in [-0.15, -0.1) is 0 Å². The van der Waals surface area contributed by atoms with Gasteiger partial charge in [0.25, 0.3) is 10.1 Å². The van der Waals surface area contributed by atoms with Crippen molar-refractivity contribution in [2.45, 2.75) is 134 Å². The predicted octanol–water partition coefficient (Wildman–Crippen LogP) is 9.45. The summed E-state index contributed by atoms with van der Waals surface area (Å²) in [5.41, 5.74) is 2.25. The highest BCUT2D eigenvalue weighted by atomic mass is 32.2. The molecule has 0 aliphatic carbocycles. The molecule has 0 aliphatic heterocycles. The second-order valence-electron chi connectivity index (χ2n) is 9.99. The normalized spacial score (nSPS) is 12.0. The Hall–Kier alpha value is -1.39. The summed E-state index contributed by atoms with van der Waals surface area (Å²) in [7, 11) is -4.26. The highest BCUT2D eigenvalue weighted by Gasteiger charge is 2.18. The number of hydrogen-bond donors (Lipinski definition) is 1. The molecule has 0 atom stereocenters. The Morgan fingerprint density at radius 2 is 1.06 bits per heavy atom. The minimum Gasteiger partial charge on any atom is -0.282 e. The highest BCUT2D eigenvalue weighted by Crippen LogP contribution is 2.31. The Kier molecular flexibility index (Phi) is 13.8. The number of benzene rings is 2. The minimum absolute atomic E-state index is 0.0670. The fourth-order valence-electron chi connectivity index (χ4n) is 5.05. The molecule has 0 aliphatic rings. The second kappa shape index (κ2) is 16.3. The molecular weight excluding hydrogens is 440 g/mol. The van der Waals surface area contributed by atoms with Gasteiger partial charge in [-0.3, -0.25) is 4.55 Å². The van der Waals surface area contributed by atoms with E-state index in [2.05, 4.69) is 13.8 Å². The lowest BCUT2D eigenvalue weighted by Gasteiger charge is -2.14. The third-order valence-corrected chi connectivity index (χ3v) is 7.95. The van der Waals surface area contributed by atoms with Crippen molar-refractivity contribution in [1.82, 2.24) is 0 Å². The topological polar surface area (TPSA) is 54.4 Å². The Bertz CT molecular complexity index is 933. The monoisotopic (exact) mass is 488 g/mol. The van der Waals surface area contributed by atoms with Crippen LogP contribution in [-0.4, -0.2) is 13.0 Å². The van der Waals surface area contributed by atoms with Gasteiger partial charge in [-0.2, -0.15) is 8.42 Å². The average molecular weight is 489 g/mol. The number of hydrogen-bond acceptors (Lipinski definition) is 2. The molecule has 0 spiro atoms. The summed E-state index contributed by atoms with van der Waals surface area (Å²) >= 11 is 0. The van der Waals surface area contributed by atoms with Gasteiger partial charge < -0.3 is 0 Å². The summed E-state index contributed by atoms with van der Waals surface area (Å²) in [6.45, 7) is 4.49. The lowest BCUT2D eigenvalue weighted by molar-refractivity contribution is 0.484. The number of aryl methyl sites for hydroxylation is 2. The summed E-state index contributed by atoms with van der Waals surface area (Å²) in [6.07, 6.45) is 22.0. The molecular formula is C30H48O3S. The third-order valence-electron chi connectivity index (χ3n) is 7.06. The van der Waals surface area contributed by atoms with E-state index in [1.807, 2.05) is 24.3 Å². The zero-order valence-corrected chi connectivity index (χ0v) is 22.6. The molecule has 2 aromatic carbocycles. The molecule has 0 radical (unpaired) electrons. The van der Waals surface area contributed by atoms with Gasteiger partial charge in [-0.25, -0.2) is 0 Å². The van der Waals surface area contributed by atoms with Gasteiger partial charge in [0.1, 0.15) is 4.90 Å². The summed E-state index contributed by atoms with van der Waals surface area (Å²) in [5.74, 6) is 0. The summed E-state index contributed by atoms with van der Waals surface area (Å²) in [5, 5.41) is 1.74. The first kappa shape index (κ1) is 28.8. The van der Waals surface area contributed by atoms with Crippen molar-refractivity contribution in [2.75, 3.05) is 0 Å². The van der Waals surface area contributed by atoms with Crippen LogP contribution in [-0.2, 0) is 23.0 Å². The average Bonchev–Trinajstić information content (AvgIpc) is 2.81. The predicted molar refractivity (Wildman–Crippen MR) is 146 cm³/mol. The van der Waals surface area contributed by atoms with Crippen LogP contribution in [0.25, 0.3) is 10.8 Å². The fourth-order valence-corrected chi connectivity index (χ4v) is 5.79. The maximum Gasteiger partial charge on any atom is 0.295 e. The van der Waals surface area contributed by atoms with E-state index in [1.54, 1.807) is 6.07 Å². The van der Waals surface area contributed by atoms with Crippen LogP contribution in [0.5, 0.6) is 0 Å². The first-order valence-corrected chi connectivity index (χ1v) is 15.4. The van der Waals surface area contributed by atoms with Crippen molar-refractivity contribution >= 4 is 20.9 Å². The van der Waals surface area contributed by atoms with E-state index in [0.717, 1.165) is 42.0 Å². The minimum atomic E-state index is -4.26. The standard InChI is InChI=1S/C30H48O3S/c1-3-5-7-9-11-13-15-17-20-26-24-25-29(34(31,32)33)30-27(22-19-23-28(26)30)21-18-16-14-12-10-8-6-4-2/h19,22-25H,3-18,20-21H2,1-2H3,(H,31,32,33). The molecule has 0 saturated carbocycles. The molecule has 0 amide bonds. The Labute approximate surface area is 209 Å². The smallest absolute Gasteiger partial charge is 0.282 e. The van der Waals surface area contributed by atoms with Gasteiger partial charge in [-0.05, 0) is 48.3 Å². The van der Waals surface area contributed by atoms with Crippen molar-refractivity contribution in [2.24, 2.45) is 0 Å². The fraction of sp³-hybridized carbons (Fsp3) is 0.667. The molecule has 3 nitrogen and oxygen atoms in total. The Morgan fingerprint density at radius 1 is 0.588 bits per heavy atom. The van der Waals surface area contributed by atoms with Crippen molar-refractivity contribution < 1.29 is 13.0 Å². The zero-order chi connectivity index (χ0) is 24.7. The van der Waals surface area contributed by atoms with E-state index in [9.17, 15) is 13.0 Å². The first-order chi connectivity index (χ1) is 16.5. The SMILES string of the molecule is CCCCCCCCCCc1ccc(S(=O)(=O)O)c2c(CCCCCCCCCC)cccc12. The Balaban J connectivity index is 2.01. The van der Waals surface area contributed by atoms with Crippen LogP contribution >= 0.6 is 0 Å². The van der Waals surface area contributed by atoms with Crippen molar-refractivity contribution in [3.8, 4) is 0 Å². The van der Waals surface area contributed by atoms with E-state index in [1.165, 1.54) is 95.5 Å². The van der Waals surface area contributed by atoms with Gasteiger partial charge >= 0.3 is 0 Å². The van der Waals surface area contributed by atoms with Crippen molar-refractivity contribution in [3.63, 3.8) is 0 Å². The van der Waals surface area contributed by atoms with Gasteiger partial charge in [0, 0.05) is 5.39 Å². The largest absolute Gasteiger partial charge is 0.295 e. The van der Waals surface area contributed by atoms with Crippen LogP contribution in [0.2, 0.25) is 0 Å². The molecule has 0 unspecified atom stereocenters. The second-order valence-corrected chi connectivity index (χ2v) is 11.4. The molecule has 4 heteroatoms.